The first kappa shape index (κ1) is 49.2. The number of carbonyl (C=O) groups is 3. The molecule has 2 aromatic carbocycles. The summed E-state index contributed by atoms with van der Waals surface area (Å²) in [7, 11) is 6.81. The van der Waals surface area contributed by atoms with E-state index in [0.717, 1.165) is 41.3 Å². The number of ketones is 3. The average molecular weight is 803 g/mol. The number of fused-ring (bicyclic) bond motifs is 5. The minimum atomic E-state index is 0.0186. The largest absolute Gasteiger partial charge is 0.497 e. The van der Waals surface area contributed by atoms with E-state index in [1.807, 2.05) is 7.11 Å². The average Bonchev–Trinajstić information content (AvgIpc) is 3.57. The molecule has 0 aromatic heterocycles. The molecule has 3 saturated carbocycles. The third-order valence-corrected chi connectivity index (χ3v) is 14.3. The normalized spacial score (nSPS) is 27.3. The van der Waals surface area contributed by atoms with E-state index < -0.39 is 0 Å². The first-order valence-corrected chi connectivity index (χ1v) is 22.0. The molecular weight excluding hydrogens is 725 g/mol. The van der Waals surface area contributed by atoms with E-state index in [-0.39, 0.29) is 17.3 Å². The number of allylic oxidation sites excluding steroid dienone is 1. The lowest BCUT2D eigenvalue weighted by Crippen LogP contribution is -2.50. The summed E-state index contributed by atoms with van der Waals surface area (Å²) in [6, 6.07) is 13.7. The molecular formula is C51H78O7. The van der Waals surface area contributed by atoms with Crippen LogP contribution in [0.3, 0.4) is 0 Å². The molecule has 0 amide bonds. The standard InChI is InChI=1S/C28H48O.C10H10O2.C9H10O2.C4H10O2/c1-19(2)8-7-9-20(3)24-12-13-25-23-11-10-21-18-22(29-6)14-16-27(21,4)26(23)15-17-28(24,25)5;1-7(11)9-3-5-10(6-4-9)8(2)12;1-7(10)8-3-5-9(11-2)6-4-8;1-5-3-4-6-2/h10,19-20,22-26H,7-9,11-18H2,1-6H3;3-6H,1-2H3;3-6H,1-2H3;3-4H2,1-2H3. The molecule has 0 N–H and O–H groups in total. The second-order valence-corrected chi connectivity index (χ2v) is 18.4. The third kappa shape index (κ3) is 13.2. The topological polar surface area (TPSA) is 88.1 Å². The number of ether oxygens (including phenoxy) is 4. The van der Waals surface area contributed by atoms with Gasteiger partial charge < -0.3 is 18.9 Å². The highest BCUT2D eigenvalue weighted by molar-refractivity contribution is 5.97. The molecule has 7 heteroatoms. The number of hydrogen-bond acceptors (Lipinski definition) is 7. The first-order chi connectivity index (χ1) is 27.6. The van der Waals surface area contributed by atoms with Crippen LogP contribution in [0.2, 0.25) is 0 Å². The van der Waals surface area contributed by atoms with E-state index in [0.29, 0.717) is 46.8 Å². The number of methoxy groups -OCH3 is 4. The summed E-state index contributed by atoms with van der Waals surface area (Å²) in [6.45, 7) is 18.6. The van der Waals surface area contributed by atoms with Crippen LogP contribution in [-0.4, -0.2) is 65.1 Å². The van der Waals surface area contributed by atoms with Crippen molar-refractivity contribution in [3.8, 4) is 5.75 Å². The molecule has 2 aromatic rings. The molecule has 324 valence electrons. The Hall–Kier alpha value is -3.13. The van der Waals surface area contributed by atoms with Gasteiger partial charge in [-0.25, -0.2) is 0 Å². The van der Waals surface area contributed by atoms with Crippen molar-refractivity contribution in [2.24, 2.45) is 46.3 Å². The van der Waals surface area contributed by atoms with Gasteiger partial charge in [0, 0.05) is 38.0 Å². The maximum absolute atomic E-state index is 10.8. The van der Waals surface area contributed by atoms with E-state index in [2.05, 4.69) is 50.2 Å². The number of Topliss-reactive ketones (excluding diaryl/α,β-unsaturated/α-hetero) is 3. The summed E-state index contributed by atoms with van der Waals surface area (Å²) >= 11 is 0. The zero-order valence-electron chi connectivity index (χ0n) is 38.3. The minimum Gasteiger partial charge on any atom is -0.497 e. The highest BCUT2D eigenvalue weighted by atomic mass is 16.5. The van der Waals surface area contributed by atoms with Crippen LogP contribution in [0.1, 0.15) is 157 Å². The molecule has 8 atom stereocenters. The molecule has 8 unspecified atom stereocenters. The van der Waals surface area contributed by atoms with Crippen molar-refractivity contribution >= 4 is 17.3 Å². The van der Waals surface area contributed by atoms with Gasteiger partial charge in [-0.05, 0) is 143 Å². The predicted molar refractivity (Wildman–Crippen MR) is 237 cm³/mol. The Morgan fingerprint density at radius 1 is 0.690 bits per heavy atom. The van der Waals surface area contributed by atoms with Crippen molar-refractivity contribution < 1.29 is 33.3 Å². The fourth-order valence-corrected chi connectivity index (χ4v) is 10.8. The summed E-state index contributed by atoms with van der Waals surface area (Å²) in [4.78, 5) is 32.5. The van der Waals surface area contributed by atoms with Crippen LogP contribution in [0, 0.1) is 46.3 Å². The number of benzene rings is 2. The molecule has 4 aliphatic rings. The van der Waals surface area contributed by atoms with Gasteiger partial charge in [0.25, 0.3) is 0 Å². The van der Waals surface area contributed by atoms with Crippen molar-refractivity contribution in [1.82, 2.24) is 0 Å². The molecule has 0 radical (unpaired) electrons. The summed E-state index contributed by atoms with van der Waals surface area (Å²) in [5, 5.41) is 0. The van der Waals surface area contributed by atoms with Gasteiger partial charge in [0.15, 0.2) is 17.3 Å². The van der Waals surface area contributed by atoms with Gasteiger partial charge in [-0.15, -0.1) is 0 Å². The highest BCUT2D eigenvalue weighted by Crippen LogP contribution is 2.67. The maximum Gasteiger partial charge on any atom is 0.159 e. The molecule has 0 saturated heterocycles. The van der Waals surface area contributed by atoms with Gasteiger partial charge in [0.1, 0.15) is 5.75 Å². The second-order valence-electron chi connectivity index (χ2n) is 18.4. The number of rotatable bonds is 13. The van der Waals surface area contributed by atoms with E-state index >= 15 is 0 Å². The Kier molecular flexibility index (Phi) is 20.0. The Balaban J connectivity index is 0.000000254. The van der Waals surface area contributed by atoms with Crippen LogP contribution in [0.25, 0.3) is 0 Å². The van der Waals surface area contributed by atoms with Crippen LogP contribution in [0.15, 0.2) is 60.2 Å². The lowest BCUT2D eigenvalue weighted by atomic mass is 9.47. The Labute approximate surface area is 352 Å². The smallest absolute Gasteiger partial charge is 0.159 e. The quantitative estimate of drug-likeness (QED) is 0.113. The Morgan fingerprint density at radius 2 is 1.22 bits per heavy atom. The van der Waals surface area contributed by atoms with Crippen molar-refractivity contribution in [3.63, 3.8) is 0 Å². The van der Waals surface area contributed by atoms with E-state index in [1.165, 1.54) is 84.5 Å². The van der Waals surface area contributed by atoms with Crippen molar-refractivity contribution in [3.05, 3.63) is 76.9 Å². The summed E-state index contributed by atoms with van der Waals surface area (Å²) in [5.74, 6) is 6.52. The van der Waals surface area contributed by atoms with Gasteiger partial charge in [-0.1, -0.05) is 89.8 Å². The molecule has 7 nitrogen and oxygen atoms in total. The monoisotopic (exact) mass is 803 g/mol. The second kappa shape index (κ2) is 23.6. The zero-order chi connectivity index (χ0) is 43.0. The molecule has 3 fully saturated rings. The van der Waals surface area contributed by atoms with Gasteiger partial charge >= 0.3 is 0 Å². The van der Waals surface area contributed by atoms with E-state index in [1.54, 1.807) is 82.4 Å². The number of carbonyl (C=O) groups excluding carboxylic acids is 3. The fourth-order valence-electron chi connectivity index (χ4n) is 10.8. The van der Waals surface area contributed by atoms with Gasteiger partial charge in [0.05, 0.1) is 26.4 Å². The van der Waals surface area contributed by atoms with Crippen molar-refractivity contribution in [1.29, 1.82) is 0 Å². The van der Waals surface area contributed by atoms with E-state index in [9.17, 15) is 14.4 Å². The molecule has 0 aliphatic heterocycles. The van der Waals surface area contributed by atoms with Crippen LogP contribution in [-0.2, 0) is 14.2 Å². The van der Waals surface area contributed by atoms with Crippen LogP contribution in [0.4, 0.5) is 0 Å². The van der Waals surface area contributed by atoms with Gasteiger partial charge in [0.2, 0.25) is 0 Å². The van der Waals surface area contributed by atoms with Crippen molar-refractivity contribution in [2.45, 2.75) is 132 Å². The predicted octanol–water partition coefficient (Wildman–Crippen LogP) is 12.3. The summed E-state index contributed by atoms with van der Waals surface area (Å²) in [6.07, 6.45) is 18.7. The molecule has 0 heterocycles. The molecule has 6 rings (SSSR count). The minimum absolute atomic E-state index is 0.0186. The van der Waals surface area contributed by atoms with Gasteiger partial charge in [-0.2, -0.15) is 0 Å². The third-order valence-electron chi connectivity index (χ3n) is 14.3. The van der Waals surface area contributed by atoms with Crippen LogP contribution < -0.4 is 4.74 Å². The Bertz CT molecular complexity index is 1560. The summed E-state index contributed by atoms with van der Waals surface area (Å²) in [5.41, 5.74) is 4.84. The van der Waals surface area contributed by atoms with Crippen LogP contribution in [0.5, 0.6) is 5.75 Å². The van der Waals surface area contributed by atoms with Gasteiger partial charge in [-0.3, -0.25) is 14.4 Å². The van der Waals surface area contributed by atoms with Crippen LogP contribution >= 0.6 is 0 Å². The van der Waals surface area contributed by atoms with Crippen molar-refractivity contribution in [2.75, 3.05) is 41.7 Å². The Morgan fingerprint density at radius 3 is 1.69 bits per heavy atom. The molecule has 4 aliphatic carbocycles. The SMILES string of the molecule is CC(=O)c1ccc(C(C)=O)cc1.COC1CCC2(C)C(=CCC3C2CCC2(C)C(C(C)CCCC(C)C)CCC32)C1.COCCOC.COc1ccc(C(C)=O)cc1. The maximum atomic E-state index is 10.8. The number of hydrogen-bond donors (Lipinski definition) is 0. The highest BCUT2D eigenvalue weighted by Gasteiger charge is 2.59. The zero-order valence-corrected chi connectivity index (χ0v) is 38.3. The lowest BCUT2D eigenvalue weighted by molar-refractivity contribution is -0.0601. The lowest BCUT2D eigenvalue weighted by Gasteiger charge is -2.58. The van der Waals surface area contributed by atoms with E-state index in [4.69, 9.17) is 9.47 Å². The molecule has 0 spiro atoms. The fraction of sp³-hybridized carbons (Fsp3) is 0.667. The molecule has 58 heavy (non-hydrogen) atoms. The first-order valence-electron chi connectivity index (χ1n) is 22.0. The summed E-state index contributed by atoms with van der Waals surface area (Å²) < 4.78 is 20.0. The molecule has 0 bridgehead atoms.